The number of amides is 2. The number of benzene rings is 1. The highest BCUT2D eigenvalue weighted by molar-refractivity contribution is 5.82. The summed E-state index contributed by atoms with van der Waals surface area (Å²) in [5.74, 6) is -0.0565. The molecule has 1 atom stereocenters. The summed E-state index contributed by atoms with van der Waals surface area (Å²) in [7, 11) is 1.64. The molecule has 0 saturated carbocycles. The molecule has 2 fully saturated rings. The average Bonchev–Trinajstić information content (AvgIpc) is 2.74. The van der Waals surface area contributed by atoms with Gasteiger partial charge in [-0.15, -0.1) is 0 Å². The van der Waals surface area contributed by atoms with Crippen molar-refractivity contribution in [2.45, 2.75) is 13.0 Å². The highest BCUT2D eigenvalue weighted by Crippen LogP contribution is 2.18. The molecule has 0 radical (unpaired) electrons. The minimum Gasteiger partial charge on any atom is -0.369 e. The van der Waals surface area contributed by atoms with Crippen LogP contribution in [-0.2, 0) is 9.59 Å². The summed E-state index contributed by atoms with van der Waals surface area (Å²) >= 11 is 0. The molecule has 1 aromatic carbocycles. The average molecular weight is 391 g/mol. The zero-order valence-electron chi connectivity index (χ0n) is 16.7. The van der Waals surface area contributed by atoms with Crippen LogP contribution in [-0.4, -0.2) is 98.5 Å². The maximum atomic E-state index is 13.1. The number of hydrogen-bond donors (Lipinski definition) is 1. The first-order valence-electron chi connectivity index (χ1n) is 9.94. The van der Waals surface area contributed by atoms with Crippen molar-refractivity contribution in [3.63, 3.8) is 0 Å². The Kier molecular flexibility index (Phi) is 6.85. The van der Waals surface area contributed by atoms with Crippen molar-refractivity contribution in [1.29, 1.82) is 0 Å². The largest absolute Gasteiger partial charge is 0.369 e. The second kappa shape index (κ2) is 9.34. The number of anilines is 1. The summed E-state index contributed by atoms with van der Waals surface area (Å²) in [5, 5.41) is 2.64. The van der Waals surface area contributed by atoms with Crippen LogP contribution in [0, 0.1) is 5.82 Å². The number of piperazine rings is 2. The molecule has 0 aromatic heterocycles. The third kappa shape index (κ3) is 4.99. The van der Waals surface area contributed by atoms with E-state index in [0.717, 1.165) is 45.0 Å². The number of nitrogens with one attached hydrogen (secondary N) is 1. The van der Waals surface area contributed by atoms with Gasteiger partial charge < -0.3 is 15.1 Å². The number of carbonyl (C=O) groups excluding carboxylic acids is 2. The van der Waals surface area contributed by atoms with Crippen molar-refractivity contribution < 1.29 is 14.0 Å². The molecule has 7 nitrogen and oxygen atoms in total. The normalized spacial score (nSPS) is 20.1. The first-order valence-corrected chi connectivity index (χ1v) is 9.94. The summed E-state index contributed by atoms with van der Waals surface area (Å²) in [6, 6.07) is 6.42. The van der Waals surface area contributed by atoms with Gasteiger partial charge >= 0.3 is 0 Å². The Morgan fingerprint density at radius 2 is 1.61 bits per heavy atom. The summed E-state index contributed by atoms with van der Waals surface area (Å²) < 4.78 is 13.1. The molecule has 28 heavy (non-hydrogen) atoms. The van der Waals surface area contributed by atoms with E-state index in [1.54, 1.807) is 19.2 Å². The van der Waals surface area contributed by atoms with Crippen LogP contribution in [0.1, 0.15) is 6.92 Å². The highest BCUT2D eigenvalue weighted by Gasteiger charge is 2.30. The van der Waals surface area contributed by atoms with Gasteiger partial charge in [-0.2, -0.15) is 0 Å². The number of hydrogen-bond acceptors (Lipinski definition) is 5. The van der Waals surface area contributed by atoms with Crippen LogP contribution in [0.15, 0.2) is 24.3 Å². The quantitative estimate of drug-likeness (QED) is 0.779. The van der Waals surface area contributed by atoms with E-state index in [4.69, 9.17) is 0 Å². The van der Waals surface area contributed by atoms with Crippen LogP contribution in [0.3, 0.4) is 0 Å². The predicted molar refractivity (Wildman–Crippen MR) is 107 cm³/mol. The molecule has 2 amide bonds. The maximum Gasteiger partial charge on any atom is 0.239 e. The fourth-order valence-corrected chi connectivity index (χ4v) is 3.85. The van der Waals surface area contributed by atoms with Gasteiger partial charge in [0.15, 0.2) is 0 Å². The lowest BCUT2D eigenvalue weighted by atomic mass is 10.1. The standard InChI is InChI=1S/C20H30FN5O2/c1-16(20(28)26-9-7-23(8-10-26)15-19(27)22-2)24-11-13-25(14-12-24)18-5-3-17(21)4-6-18/h3-6,16H,7-15H2,1-2H3,(H,22,27). The summed E-state index contributed by atoms with van der Waals surface area (Å²) in [6.07, 6.45) is 0. The van der Waals surface area contributed by atoms with Gasteiger partial charge in [0.05, 0.1) is 12.6 Å². The molecule has 0 bridgehead atoms. The van der Waals surface area contributed by atoms with Crippen molar-refractivity contribution >= 4 is 17.5 Å². The van der Waals surface area contributed by atoms with E-state index in [1.807, 2.05) is 11.8 Å². The first-order chi connectivity index (χ1) is 13.5. The van der Waals surface area contributed by atoms with Gasteiger partial charge in [0, 0.05) is 65.1 Å². The number of nitrogens with zero attached hydrogens (tertiary/aromatic N) is 4. The zero-order valence-corrected chi connectivity index (χ0v) is 16.7. The molecular formula is C20H30FN5O2. The Labute approximate surface area is 166 Å². The third-order valence-corrected chi connectivity index (χ3v) is 5.74. The van der Waals surface area contributed by atoms with Crippen molar-refractivity contribution in [3.8, 4) is 0 Å². The number of halogens is 1. The predicted octanol–water partition coefficient (Wildman–Crippen LogP) is 0.226. The Balaban J connectivity index is 1.46. The Morgan fingerprint density at radius 3 is 2.18 bits per heavy atom. The SMILES string of the molecule is CNC(=O)CN1CCN(C(=O)C(C)N2CCN(c3ccc(F)cc3)CC2)CC1. The van der Waals surface area contributed by atoms with E-state index in [9.17, 15) is 14.0 Å². The van der Waals surface area contributed by atoms with Crippen molar-refractivity contribution in [3.05, 3.63) is 30.1 Å². The van der Waals surface area contributed by atoms with Crippen molar-refractivity contribution in [2.75, 3.05) is 70.9 Å². The van der Waals surface area contributed by atoms with Gasteiger partial charge in [-0.05, 0) is 31.2 Å². The Bertz CT molecular complexity index is 668. The molecular weight excluding hydrogens is 361 g/mol. The first kappa shape index (κ1) is 20.5. The molecule has 0 spiro atoms. The van der Waals surface area contributed by atoms with Crippen molar-refractivity contribution in [2.24, 2.45) is 0 Å². The van der Waals surface area contributed by atoms with E-state index >= 15 is 0 Å². The minimum atomic E-state index is -0.225. The van der Waals surface area contributed by atoms with Crippen LogP contribution in [0.5, 0.6) is 0 Å². The van der Waals surface area contributed by atoms with Gasteiger partial charge in [-0.1, -0.05) is 0 Å². The summed E-state index contributed by atoms with van der Waals surface area (Å²) in [5.41, 5.74) is 1.02. The zero-order chi connectivity index (χ0) is 20.1. The molecule has 1 unspecified atom stereocenters. The molecule has 3 rings (SSSR count). The molecule has 2 heterocycles. The third-order valence-electron chi connectivity index (χ3n) is 5.74. The fourth-order valence-electron chi connectivity index (χ4n) is 3.85. The van der Waals surface area contributed by atoms with Gasteiger partial charge in [-0.25, -0.2) is 4.39 Å². The van der Waals surface area contributed by atoms with E-state index in [-0.39, 0.29) is 23.7 Å². The lowest BCUT2D eigenvalue weighted by Gasteiger charge is -2.41. The molecule has 2 saturated heterocycles. The lowest BCUT2D eigenvalue weighted by molar-refractivity contribution is -0.138. The number of carbonyl (C=O) groups is 2. The molecule has 2 aliphatic heterocycles. The van der Waals surface area contributed by atoms with Crippen LogP contribution in [0.25, 0.3) is 0 Å². The fraction of sp³-hybridized carbons (Fsp3) is 0.600. The number of rotatable bonds is 5. The topological polar surface area (TPSA) is 59.1 Å². The molecule has 1 aromatic rings. The Morgan fingerprint density at radius 1 is 1.00 bits per heavy atom. The lowest BCUT2D eigenvalue weighted by Crippen LogP contribution is -2.58. The minimum absolute atomic E-state index is 0.00664. The maximum absolute atomic E-state index is 13.1. The van der Waals surface area contributed by atoms with E-state index < -0.39 is 0 Å². The molecule has 0 aliphatic carbocycles. The van der Waals surface area contributed by atoms with Crippen LogP contribution in [0.4, 0.5) is 10.1 Å². The van der Waals surface area contributed by atoms with Crippen molar-refractivity contribution in [1.82, 2.24) is 20.0 Å². The molecule has 1 N–H and O–H groups in total. The van der Waals surface area contributed by atoms with Crippen LogP contribution in [0.2, 0.25) is 0 Å². The van der Waals surface area contributed by atoms with Crippen LogP contribution >= 0.6 is 0 Å². The van der Waals surface area contributed by atoms with Gasteiger partial charge in [-0.3, -0.25) is 19.4 Å². The molecule has 154 valence electrons. The van der Waals surface area contributed by atoms with E-state index in [0.29, 0.717) is 19.6 Å². The summed E-state index contributed by atoms with van der Waals surface area (Å²) in [4.78, 5) is 32.8. The highest BCUT2D eigenvalue weighted by atomic mass is 19.1. The summed E-state index contributed by atoms with van der Waals surface area (Å²) in [6.45, 7) is 8.40. The second-order valence-corrected chi connectivity index (χ2v) is 7.45. The Hall–Kier alpha value is -2.19. The monoisotopic (exact) mass is 391 g/mol. The molecule has 8 heteroatoms. The van der Waals surface area contributed by atoms with Gasteiger partial charge in [0.25, 0.3) is 0 Å². The molecule has 2 aliphatic rings. The van der Waals surface area contributed by atoms with E-state index in [1.165, 1.54) is 12.1 Å². The number of likely N-dealkylation sites (N-methyl/N-ethyl adjacent to an activating group) is 1. The van der Waals surface area contributed by atoms with E-state index in [2.05, 4.69) is 20.0 Å². The second-order valence-electron chi connectivity index (χ2n) is 7.45. The van der Waals surface area contributed by atoms with Gasteiger partial charge in [0.2, 0.25) is 11.8 Å². The van der Waals surface area contributed by atoms with Gasteiger partial charge in [0.1, 0.15) is 5.82 Å². The van der Waals surface area contributed by atoms with Crippen LogP contribution < -0.4 is 10.2 Å². The smallest absolute Gasteiger partial charge is 0.239 e.